The van der Waals surface area contributed by atoms with Crippen LogP contribution in [-0.4, -0.2) is 37.4 Å². The van der Waals surface area contributed by atoms with Crippen LogP contribution in [0.15, 0.2) is 58.1 Å². The summed E-state index contributed by atoms with van der Waals surface area (Å²) in [5.41, 5.74) is 0.844. The summed E-state index contributed by atoms with van der Waals surface area (Å²) < 4.78 is 22.5. The molecular formula is C25H31ClO6. The van der Waals surface area contributed by atoms with Crippen molar-refractivity contribution >= 4 is 23.4 Å². The summed E-state index contributed by atoms with van der Waals surface area (Å²) in [5.74, 6) is -2.85. The van der Waals surface area contributed by atoms with E-state index >= 15 is 0 Å². The molecule has 7 heteroatoms. The van der Waals surface area contributed by atoms with Crippen LogP contribution < -0.4 is 0 Å². The number of carbonyl (C=O) groups is 2. The third-order valence-electron chi connectivity index (χ3n) is 6.61. The predicted octanol–water partition coefficient (Wildman–Crippen LogP) is 4.97. The highest BCUT2D eigenvalue weighted by Gasteiger charge is 2.68. The van der Waals surface area contributed by atoms with Gasteiger partial charge in [0.25, 0.3) is 0 Å². The molecule has 1 fully saturated rings. The lowest BCUT2D eigenvalue weighted by Gasteiger charge is -2.37. The van der Waals surface area contributed by atoms with Gasteiger partial charge in [-0.2, -0.15) is 0 Å². The van der Waals surface area contributed by atoms with Gasteiger partial charge in [-0.05, 0) is 38.8 Å². The SMILES string of the molecule is CC[C@H](C)/C=C(C)/C=C/C1=CC2=C(Cl)C(=O)[C@]3(C)O[C@@](C)(OC)[C@H](C(=O)OC)[C@H]3C2=CO1. The van der Waals surface area contributed by atoms with Gasteiger partial charge in [-0.1, -0.05) is 49.6 Å². The lowest BCUT2D eigenvalue weighted by molar-refractivity contribution is -0.237. The number of hydrogen-bond donors (Lipinski definition) is 0. The molecule has 0 aromatic carbocycles. The minimum Gasteiger partial charge on any atom is -0.469 e. The number of Topliss-reactive ketones (excluding diaryl/α,β-unsaturated/α-hetero) is 1. The maximum atomic E-state index is 13.3. The van der Waals surface area contributed by atoms with Crippen molar-refractivity contribution < 1.29 is 28.5 Å². The molecule has 0 radical (unpaired) electrons. The van der Waals surface area contributed by atoms with Crippen LogP contribution in [0.4, 0.5) is 0 Å². The van der Waals surface area contributed by atoms with E-state index in [0.717, 1.165) is 12.0 Å². The van der Waals surface area contributed by atoms with Crippen molar-refractivity contribution in [2.24, 2.45) is 17.8 Å². The molecule has 5 atom stereocenters. The maximum Gasteiger partial charge on any atom is 0.314 e. The molecule has 0 aromatic heterocycles. The Hall–Kier alpha value is -2.15. The fourth-order valence-electron chi connectivity index (χ4n) is 4.63. The molecule has 1 saturated heterocycles. The first-order valence-electron chi connectivity index (χ1n) is 10.7. The van der Waals surface area contributed by atoms with Crippen molar-refractivity contribution in [3.05, 3.63) is 58.1 Å². The van der Waals surface area contributed by atoms with Gasteiger partial charge in [-0.15, -0.1) is 0 Å². The van der Waals surface area contributed by atoms with Crippen LogP contribution in [-0.2, 0) is 28.5 Å². The van der Waals surface area contributed by atoms with Gasteiger partial charge in [-0.3, -0.25) is 9.59 Å². The van der Waals surface area contributed by atoms with Gasteiger partial charge >= 0.3 is 5.97 Å². The van der Waals surface area contributed by atoms with E-state index in [1.54, 1.807) is 26.2 Å². The van der Waals surface area contributed by atoms with Crippen molar-refractivity contribution in [2.45, 2.75) is 52.4 Å². The van der Waals surface area contributed by atoms with Crippen LogP contribution in [0.2, 0.25) is 0 Å². The smallest absolute Gasteiger partial charge is 0.314 e. The quantitative estimate of drug-likeness (QED) is 0.410. The van der Waals surface area contributed by atoms with Crippen molar-refractivity contribution in [2.75, 3.05) is 14.2 Å². The first-order valence-corrected chi connectivity index (χ1v) is 11.1. The molecule has 0 aromatic rings. The fourth-order valence-corrected chi connectivity index (χ4v) is 4.98. The standard InChI is InChI=1S/C25H31ClO6/c1-8-14(2)11-15(3)9-10-16-12-17-18(13-31-16)19-20(23(28)29-6)25(5,30-7)32-24(19,4)22(27)21(17)26/h9-14,19-20H,8H2,1-7H3/b10-9+,15-11+/t14-,19+,20-,24+,25+/m0/s1. The molecule has 6 nitrogen and oxygen atoms in total. The first kappa shape index (κ1) is 24.5. The van der Waals surface area contributed by atoms with E-state index in [1.807, 2.05) is 19.1 Å². The molecule has 3 aliphatic rings. The number of rotatable bonds is 6. The minimum atomic E-state index is -1.39. The molecule has 0 amide bonds. The molecule has 0 saturated carbocycles. The number of fused-ring (bicyclic) bond motifs is 3. The van der Waals surface area contributed by atoms with Gasteiger partial charge in [0, 0.05) is 24.2 Å². The summed E-state index contributed by atoms with van der Waals surface area (Å²) in [6, 6.07) is 0. The fraction of sp³-hybridized carbons (Fsp3) is 0.520. The number of hydrogen-bond acceptors (Lipinski definition) is 6. The largest absolute Gasteiger partial charge is 0.469 e. The molecule has 3 rings (SSSR count). The molecule has 0 spiro atoms. The zero-order valence-corrected chi connectivity index (χ0v) is 20.4. The number of esters is 1. The summed E-state index contributed by atoms with van der Waals surface area (Å²) in [6.07, 6.45) is 10.3. The minimum absolute atomic E-state index is 0.0417. The van der Waals surface area contributed by atoms with E-state index < -0.39 is 35.0 Å². The average Bonchev–Trinajstić information content (AvgIpc) is 3.03. The van der Waals surface area contributed by atoms with Crippen molar-refractivity contribution in [3.8, 4) is 0 Å². The van der Waals surface area contributed by atoms with Crippen LogP contribution in [0.25, 0.3) is 0 Å². The summed E-state index contributed by atoms with van der Waals surface area (Å²) >= 11 is 6.53. The topological polar surface area (TPSA) is 71.1 Å². The summed E-state index contributed by atoms with van der Waals surface area (Å²) in [5, 5.41) is 0.0417. The third-order valence-corrected chi connectivity index (χ3v) is 6.99. The van der Waals surface area contributed by atoms with Gasteiger partial charge < -0.3 is 18.9 Å². The van der Waals surface area contributed by atoms with Gasteiger partial charge in [0.15, 0.2) is 5.79 Å². The van der Waals surface area contributed by atoms with Crippen molar-refractivity contribution in [1.82, 2.24) is 0 Å². The monoisotopic (exact) mass is 462 g/mol. The Kier molecular flexibility index (Phi) is 6.89. The third kappa shape index (κ3) is 4.00. The first-order chi connectivity index (χ1) is 15.0. The van der Waals surface area contributed by atoms with Crippen LogP contribution in [0.1, 0.15) is 41.0 Å². The molecule has 2 heterocycles. The number of ether oxygens (including phenoxy) is 4. The highest BCUT2D eigenvalue weighted by Crippen LogP contribution is 2.57. The van der Waals surface area contributed by atoms with E-state index in [0.29, 0.717) is 22.8 Å². The second-order valence-corrected chi connectivity index (χ2v) is 9.21. The van der Waals surface area contributed by atoms with E-state index in [9.17, 15) is 9.59 Å². The van der Waals surface area contributed by atoms with Gasteiger partial charge in [0.05, 0.1) is 18.4 Å². The van der Waals surface area contributed by atoms with Gasteiger partial charge in [0.1, 0.15) is 17.3 Å². The molecular weight excluding hydrogens is 432 g/mol. The zero-order valence-electron chi connectivity index (χ0n) is 19.7. The van der Waals surface area contributed by atoms with Crippen LogP contribution in [0, 0.1) is 17.8 Å². The van der Waals surface area contributed by atoms with Crippen LogP contribution in [0.3, 0.4) is 0 Å². The second-order valence-electron chi connectivity index (χ2n) is 8.83. The Morgan fingerprint density at radius 3 is 2.62 bits per heavy atom. The van der Waals surface area contributed by atoms with E-state index in [4.69, 9.17) is 30.5 Å². The molecule has 2 aliphatic heterocycles. The van der Waals surface area contributed by atoms with Crippen LogP contribution in [0.5, 0.6) is 0 Å². The van der Waals surface area contributed by atoms with Gasteiger partial charge in [-0.25, -0.2) is 0 Å². The second kappa shape index (κ2) is 9.00. The Morgan fingerprint density at radius 1 is 1.34 bits per heavy atom. The summed E-state index contributed by atoms with van der Waals surface area (Å²) in [4.78, 5) is 26.1. The molecule has 0 bridgehead atoms. The molecule has 174 valence electrons. The Labute approximate surface area is 194 Å². The lowest BCUT2D eigenvalue weighted by atomic mass is 9.67. The predicted molar refractivity (Wildman–Crippen MR) is 121 cm³/mol. The summed E-state index contributed by atoms with van der Waals surface area (Å²) in [7, 11) is 2.73. The molecule has 1 aliphatic carbocycles. The zero-order chi connectivity index (χ0) is 23.8. The highest BCUT2D eigenvalue weighted by atomic mass is 35.5. The van der Waals surface area contributed by atoms with Gasteiger partial charge in [0.2, 0.25) is 5.78 Å². The van der Waals surface area contributed by atoms with Crippen molar-refractivity contribution in [3.63, 3.8) is 0 Å². The molecule has 0 N–H and O–H groups in total. The number of halogens is 1. The highest BCUT2D eigenvalue weighted by molar-refractivity contribution is 6.45. The van der Waals surface area contributed by atoms with E-state index in [1.165, 1.54) is 14.2 Å². The molecule has 0 unspecified atom stereocenters. The maximum absolute atomic E-state index is 13.3. The Bertz CT molecular complexity index is 971. The van der Waals surface area contributed by atoms with E-state index in [-0.39, 0.29) is 5.03 Å². The summed E-state index contributed by atoms with van der Waals surface area (Å²) in [6.45, 7) is 9.58. The number of carbonyl (C=O) groups excluding carboxylic acids is 2. The number of ketones is 1. The van der Waals surface area contributed by atoms with Crippen molar-refractivity contribution in [1.29, 1.82) is 0 Å². The average molecular weight is 463 g/mol. The number of allylic oxidation sites excluding steroid dienone is 6. The van der Waals surface area contributed by atoms with Crippen LogP contribution >= 0.6 is 11.6 Å². The Balaban J connectivity index is 2.03. The number of methoxy groups -OCH3 is 2. The van der Waals surface area contributed by atoms with E-state index in [2.05, 4.69) is 19.9 Å². The Morgan fingerprint density at radius 2 is 2.03 bits per heavy atom. The lowest BCUT2D eigenvalue weighted by Crippen LogP contribution is -2.48. The molecule has 32 heavy (non-hydrogen) atoms. The normalized spacial score (nSPS) is 33.4.